The number of aromatic nitrogens is 2. The van der Waals surface area contributed by atoms with E-state index in [1.165, 1.54) is 12.3 Å². The van der Waals surface area contributed by atoms with Gasteiger partial charge in [-0.2, -0.15) is 0 Å². The standard InChI is InChI=1S/C10H11N3O2/c1-3-9-7(2)12-6-8(13(14)15)4-5-10(12)11-9/h4-6H,3H2,1-2H3. The van der Waals surface area contributed by atoms with Crippen molar-refractivity contribution in [2.45, 2.75) is 20.3 Å². The first-order valence-electron chi connectivity index (χ1n) is 4.75. The molecule has 2 aromatic heterocycles. The summed E-state index contributed by atoms with van der Waals surface area (Å²) in [5.74, 6) is 0. The molecule has 0 aliphatic carbocycles. The van der Waals surface area contributed by atoms with E-state index in [0.717, 1.165) is 23.5 Å². The second-order valence-corrected chi connectivity index (χ2v) is 3.37. The molecule has 2 heterocycles. The van der Waals surface area contributed by atoms with Crippen molar-refractivity contribution in [2.24, 2.45) is 0 Å². The molecule has 0 aromatic carbocycles. The number of nitrogens with zero attached hydrogens (tertiary/aromatic N) is 3. The van der Waals surface area contributed by atoms with Crippen LogP contribution in [0.1, 0.15) is 18.3 Å². The molecule has 0 unspecified atom stereocenters. The molecule has 0 spiro atoms. The van der Waals surface area contributed by atoms with Crippen molar-refractivity contribution in [3.8, 4) is 0 Å². The quantitative estimate of drug-likeness (QED) is 0.557. The first-order chi connectivity index (χ1) is 7.13. The van der Waals surface area contributed by atoms with Crippen LogP contribution in [-0.2, 0) is 6.42 Å². The molecule has 0 atom stereocenters. The van der Waals surface area contributed by atoms with E-state index in [1.54, 1.807) is 10.5 Å². The van der Waals surface area contributed by atoms with E-state index in [2.05, 4.69) is 4.98 Å². The zero-order valence-corrected chi connectivity index (χ0v) is 8.60. The number of nitro groups is 1. The van der Waals surface area contributed by atoms with Crippen molar-refractivity contribution >= 4 is 11.3 Å². The molecule has 15 heavy (non-hydrogen) atoms. The van der Waals surface area contributed by atoms with E-state index in [1.807, 2.05) is 13.8 Å². The van der Waals surface area contributed by atoms with Crippen LogP contribution in [-0.4, -0.2) is 14.3 Å². The van der Waals surface area contributed by atoms with E-state index in [9.17, 15) is 10.1 Å². The predicted octanol–water partition coefficient (Wildman–Crippen LogP) is 2.11. The number of hydrogen-bond donors (Lipinski definition) is 0. The molecule has 0 fully saturated rings. The zero-order chi connectivity index (χ0) is 11.0. The van der Waals surface area contributed by atoms with Gasteiger partial charge in [-0.15, -0.1) is 0 Å². The smallest absolute Gasteiger partial charge is 0.286 e. The minimum absolute atomic E-state index is 0.0886. The van der Waals surface area contributed by atoms with Crippen LogP contribution in [0, 0.1) is 17.0 Å². The van der Waals surface area contributed by atoms with Gasteiger partial charge in [0.05, 0.1) is 16.8 Å². The Morgan fingerprint density at radius 2 is 2.27 bits per heavy atom. The molecular weight excluding hydrogens is 194 g/mol. The van der Waals surface area contributed by atoms with E-state index < -0.39 is 4.92 Å². The molecular formula is C10H11N3O2. The van der Waals surface area contributed by atoms with Crippen molar-refractivity contribution < 1.29 is 4.92 Å². The second kappa shape index (κ2) is 3.34. The largest absolute Gasteiger partial charge is 0.297 e. The lowest BCUT2D eigenvalue weighted by molar-refractivity contribution is -0.385. The summed E-state index contributed by atoms with van der Waals surface area (Å²) in [7, 11) is 0. The van der Waals surface area contributed by atoms with Gasteiger partial charge in [-0.1, -0.05) is 6.92 Å². The van der Waals surface area contributed by atoms with Crippen molar-refractivity contribution in [3.63, 3.8) is 0 Å². The van der Waals surface area contributed by atoms with Crippen molar-refractivity contribution in [1.29, 1.82) is 0 Å². The molecule has 0 bridgehead atoms. The molecule has 5 nitrogen and oxygen atoms in total. The lowest BCUT2D eigenvalue weighted by Gasteiger charge is -1.96. The Bertz CT molecular complexity index is 531. The fourth-order valence-electron chi connectivity index (χ4n) is 1.64. The summed E-state index contributed by atoms with van der Waals surface area (Å²) in [6.07, 6.45) is 2.35. The Morgan fingerprint density at radius 1 is 1.53 bits per heavy atom. The highest BCUT2D eigenvalue weighted by molar-refractivity contribution is 5.47. The minimum Gasteiger partial charge on any atom is -0.297 e. The minimum atomic E-state index is -0.398. The molecule has 0 saturated carbocycles. The maximum absolute atomic E-state index is 10.6. The monoisotopic (exact) mass is 205 g/mol. The van der Waals surface area contributed by atoms with Gasteiger partial charge in [0.25, 0.3) is 5.69 Å². The van der Waals surface area contributed by atoms with Gasteiger partial charge < -0.3 is 0 Å². The van der Waals surface area contributed by atoms with Gasteiger partial charge in [-0.3, -0.25) is 14.5 Å². The van der Waals surface area contributed by atoms with E-state index >= 15 is 0 Å². The van der Waals surface area contributed by atoms with Crippen LogP contribution in [0.5, 0.6) is 0 Å². The molecule has 0 amide bonds. The van der Waals surface area contributed by atoms with Crippen LogP contribution < -0.4 is 0 Å². The zero-order valence-electron chi connectivity index (χ0n) is 8.60. The molecule has 0 N–H and O–H groups in total. The number of hydrogen-bond acceptors (Lipinski definition) is 3. The summed E-state index contributed by atoms with van der Waals surface area (Å²) in [6, 6.07) is 3.14. The van der Waals surface area contributed by atoms with Gasteiger partial charge >= 0.3 is 0 Å². The summed E-state index contributed by atoms with van der Waals surface area (Å²) >= 11 is 0. The highest BCUT2D eigenvalue weighted by atomic mass is 16.6. The predicted molar refractivity (Wildman–Crippen MR) is 56.0 cm³/mol. The van der Waals surface area contributed by atoms with Crippen molar-refractivity contribution in [3.05, 3.63) is 39.8 Å². The van der Waals surface area contributed by atoms with E-state index in [4.69, 9.17) is 0 Å². The van der Waals surface area contributed by atoms with Crippen LogP contribution >= 0.6 is 0 Å². The molecule has 5 heteroatoms. The summed E-state index contributed by atoms with van der Waals surface area (Å²) in [6.45, 7) is 3.94. The maximum atomic E-state index is 10.6. The molecule has 0 saturated heterocycles. The van der Waals surface area contributed by atoms with Crippen molar-refractivity contribution in [2.75, 3.05) is 0 Å². The van der Waals surface area contributed by atoms with Crippen LogP contribution in [0.25, 0.3) is 5.65 Å². The third kappa shape index (κ3) is 1.45. The van der Waals surface area contributed by atoms with Crippen LogP contribution in [0.3, 0.4) is 0 Å². The van der Waals surface area contributed by atoms with Crippen LogP contribution in [0.4, 0.5) is 5.69 Å². The molecule has 0 aliphatic rings. The molecule has 2 aromatic rings. The van der Waals surface area contributed by atoms with Gasteiger partial charge in [-0.05, 0) is 19.4 Å². The maximum Gasteiger partial charge on any atom is 0.286 e. The second-order valence-electron chi connectivity index (χ2n) is 3.37. The SMILES string of the molecule is CCc1nc2ccc([N+](=O)[O-])cn2c1C. The Morgan fingerprint density at radius 3 is 2.87 bits per heavy atom. The third-order valence-electron chi connectivity index (χ3n) is 2.49. The Kier molecular flexibility index (Phi) is 2.15. The number of pyridine rings is 1. The summed E-state index contributed by atoms with van der Waals surface area (Å²) in [5, 5.41) is 10.6. The van der Waals surface area contributed by atoms with Gasteiger partial charge in [-0.25, -0.2) is 4.98 Å². The fraction of sp³-hybridized carbons (Fsp3) is 0.300. The summed E-state index contributed by atoms with van der Waals surface area (Å²) in [4.78, 5) is 14.6. The number of aryl methyl sites for hydroxylation is 2. The van der Waals surface area contributed by atoms with Gasteiger partial charge in [0.2, 0.25) is 0 Å². The topological polar surface area (TPSA) is 60.4 Å². The molecule has 0 aliphatic heterocycles. The highest BCUT2D eigenvalue weighted by Crippen LogP contribution is 2.17. The van der Waals surface area contributed by atoms with Crippen molar-refractivity contribution in [1.82, 2.24) is 9.38 Å². The van der Waals surface area contributed by atoms with E-state index in [-0.39, 0.29) is 5.69 Å². The molecule has 2 rings (SSSR count). The van der Waals surface area contributed by atoms with Crippen LogP contribution in [0.2, 0.25) is 0 Å². The Labute approximate surface area is 86.5 Å². The third-order valence-corrected chi connectivity index (χ3v) is 2.49. The average molecular weight is 205 g/mol. The Balaban J connectivity index is 2.70. The average Bonchev–Trinajstić information content (AvgIpc) is 2.55. The van der Waals surface area contributed by atoms with E-state index in [0.29, 0.717) is 0 Å². The lowest BCUT2D eigenvalue weighted by Crippen LogP contribution is -1.93. The van der Waals surface area contributed by atoms with Gasteiger partial charge in [0.1, 0.15) is 5.65 Å². The molecule has 0 radical (unpaired) electrons. The summed E-state index contributed by atoms with van der Waals surface area (Å²) in [5.41, 5.74) is 2.80. The Hall–Kier alpha value is -1.91. The first kappa shape index (κ1) is 9.64. The summed E-state index contributed by atoms with van der Waals surface area (Å²) < 4.78 is 1.76. The normalized spacial score (nSPS) is 10.8. The number of imidazole rings is 1. The van der Waals surface area contributed by atoms with Crippen LogP contribution in [0.15, 0.2) is 18.3 Å². The first-order valence-corrected chi connectivity index (χ1v) is 4.75. The fourth-order valence-corrected chi connectivity index (χ4v) is 1.64. The van der Waals surface area contributed by atoms with Gasteiger partial charge in [0.15, 0.2) is 0 Å². The number of rotatable bonds is 2. The number of fused-ring (bicyclic) bond motifs is 1. The highest BCUT2D eigenvalue weighted by Gasteiger charge is 2.10. The molecule has 78 valence electrons. The lowest BCUT2D eigenvalue weighted by atomic mass is 10.3. The van der Waals surface area contributed by atoms with Gasteiger partial charge in [0, 0.05) is 11.8 Å².